The molecule has 3 aliphatic rings. The number of rotatable bonds is 5. The lowest BCUT2D eigenvalue weighted by molar-refractivity contribution is -0.734. The van der Waals surface area contributed by atoms with Crippen molar-refractivity contribution in [3.63, 3.8) is 0 Å². The van der Waals surface area contributed by atoms with Crippen molar-refractivity contribution in [2.75, 3.05) is 5.32 Å². The van der Waals surface area contributed by atoms with E-state index in [2.05, 4.69) is 5.32 Å². The van der Waals surface area contributed by atoms with Gasteiger partial charge in [-0.2, -0.15) is 0 Å². The molecule has 1 spiro atoms. The number of likely N-dealkylation sites (tertiary alicyclic amines) is 1. The van der Waals surface area contributed by atoms with Gasteiger partial charge in [0.25, 0.3) is 5.91 Å². The van der Waals surface area contributed by atoms with Gasteiger partial charge in [-0.05, 0) is 31.9 Å². The highest BCUT2D eigenvalue weighted by molar-refractivity contribution is 6.35. The van der Waals surface area contributed by atoms with E-state index in [-0.39, 0.29) is 30.7 Å². The standard InChI is InChI=1S/C20H22ClN3O5/c1-3-9(2)24-17(27)14-12(7-8-13(25)26)23-20(15(14)18(24)28)10-5-4-6-11(21)16(10)22-19(20)29/h4-6,9,12,14-15,23H,3,7-8H2,1-2H3,(H,22,29)(H,25,26)/t9-,12-,14-,15+,20-/m1/s1. The number of carbonyl (C=O) groups is 4. The molecule has 8 nitrogen and oxygen atoms in total. The van der Waals surface area contributed by atoms with Crippen LogP contribution in [0.5, 0.6) is 0 Å². The molecule has 154 valence electrons. The molecule has 3 heterocycles. The SMILES string of the molecule is CC[C@@H](C)N1C(=O)[C@H]2[C@@H](C1=O)[C@@]1([NH2+][C@@H]2CCC(=O)[O-])C(=O)Nc2c(Cl)cccc21. The fraction of sp³-hybridized carbons (Fsp3) is 0.500. The number of fused-ring (bicyclic) bond motifs is 4. The Morgan fingerprint density at radius 3 is 2.72 bits per heavy atom. The van der Waals surface area contributed by atoms with Gasteiger partial charge in [-0.25, -0.2) is 0 Å². The first-order valence-corrected chi connectivity index (χ1v) is 10.1. The first-order valence-electron chi connectivity index (χ1n) is 9.77. The molecule has 2 fully saturated rings. The summed E-state index contributed by atoms with van der Waals surface area (Å²) in [5.74, 6) is -4.04. The zero-order chi connectivity index (χ0) is 21.1. The van der Waals surface area contributed by atoms with Crippen LogP contribution >= 0.6 is 11.6 Å². The van der Waals surface area contributed by atoms with Crippen LogP contribution in [0.15, 0.2) is 18.2 Å². The molecule has 0 radical (unpaired) electrons. The summed E-state index contributed by atoms with van der Waals surface area (Å²) < 4.78 is 0. The van der Waals surface area contributed by atoms with Crippen molar-refractivity contribution in [2.45, 2.75) is 50.7 Å². The van der Waals surface area contributed by atoms with Crippen LogP contribution in [0.25, 0.3) is 0 Å². The molecule has 4 rings (SSSR count). The Hall–Kier alpha value is -2.45. The number of carboxylic acid groups (broad SMARTS) is 1. The summed E-state index contributed by atoms with van der Waals surface area (Å²) in [6.07, 6.45) is 0.461. The van der Waals surface area contributed by atoms with Crippen LogP contribution in [-0.4, -0.2) is 40.7 Å². The highest BCUT2D eigenvalue weighted by atomic mass is 35.5. The van der Waals surface area contributed by atoms with Crippen molar-refractivity contribution >= 4 is 41.0 Å². The van der Waals surface area contributed by atoms with Crippen molar-refractivity contribution < 1.29 is 29.6 Å². The summed E-state index contributed by atoms with van der Waals surface area (Å²) >= 11 is 6.27. The minimum atomic E-state index is -1.34. The lowest BCUT2D eigenvalue weighted by Gasteiger charge is -2.28. The van der Waals surface area contributed by atoms with E-state index in [1.54, 1.807) is 30.4 Å². The van der Waals surface area contributed by atoms with Gasteiger partial charge in [0.1, 0.15) is 17.9 Å². The number of imide groups is 1. The molecule has 0 aliphatic carbocycles. The maximum Gasteiger partial charge on any atom is 0.291 e. The number of nitrogens with zero attached hydrogens (tertiary/aromatic N) is 1. The summed E-state index contributed by atoms with van der Waals surface area (Å²) in [5, 5.41) is 15.9. The van der Waals surface area contributed by atoms with E-state index in [9.17, 15) is 24.3 Å². The van der Waals surface area contributed by atoms with Gasteiger partial charge >= 0.3 is 0 Å². The van der Waals surface area contributed by atoms with E-state index in [1.807, 2.05) is 6.92 Å². The number of hydrogen-bond donors (Lipinski definition) is 2. The van der Waals surface area contributed by atoms with Gasteiger partial charge in [0.05, 0.1) is 10.7 Å². The summed E-state index contributed by atoms with van der Waals surface area (Å²) in [6.45, 7) is 3.68. The molecule has 3 N–H and O–H groups in total. The van der Waals surface area contributed by atoms with Gasteiger partial charge in [0.15, 0.2) is 0 Å². The van der Waals surface area contributed by atoms with Gasteiger partial charge in [0, 0.05) is 24.0 Å². The number of amides is 3. The van der Waals surface area contributed by atoms with E-state index < -0.39 is 35.3 Å². The van der Waals surface area contributed by atoms with Crippen LogP contribution in [0.1, 0.15) is 38.7 Å². The van der Waals surface area contributed by atoms with Crippen molar-refractivity contribution in [3.8, 4) is 0 Å². The Labute approximate surface area is 172 Å². The second-order valence-corrected chi connectivity index (χ2v) is 8.44. The largest absolute Gasteiger partial charge is 0.550 e. The Morgan fingerprint density at radius 1 is 1.34 bits per heavy atom. The number of benzene rings is 1. The molecule has 0 bridgehead atoms. The second-order valence-electron chi connectivity index (χ2n) is 8.03. The van der Waals surface area contributed by atoms with Crippen LogP contribution in [0.4, 0.5) is 5.69 Å². The minimum absolute atomic E-state index is 0.127. The quantitative estimate of drug-likeness (QED) is 0.615. The number of anilines is 1. The highest BCUT2D eigenvalue weighted by Gasteiger charge is 2.74. The van der Waals surface area contributed by atoms with Crippen molar-refractivity contribution in [1.82, 2.24) is 4.90 Å². The third-order valence-electron chi connectivity index (χ3n) is 6.60. The number of para-hydroxylation sites is 1. The molecule has 0 saturated carbocycles. The summed E-state index contributed by atoms with van der Waals surface area (Å²) in [6, 6.07) is 4.25. The normalized spacial score (nSPS) is 31.2. The first-order chi connectivity index (χ1) is 13.7. The Bertz CT molecular complexity index is 935. The van der Waals surface area contributed by atoms with Crippen LogP contribution in [0.3, 0.4) is 0 Å². The second kappa shape index (κ2) is 6.81. The molecule has 9 heteroatoms. The van der Waals surface area contributed by atoms with Crippen molar-refractivity contribution in [3.05, 3.63) is 28.8 Å². The molecule has 29 heavy (non-hydrogen) atoms. The van der Waals surface area contributed by atoms with Gasteiger partial charge in [-0.1, -0.05) is 24.6 Å². The summed E-state index contributed by atoms with van der Waals surface area (Å²) in [7, 11) is 0. The predicted octanol–water partition coefficient (Wildman–Crippen LogP) is -0.637. The number of quaternary nitrogens is 1. The lowest BCUT2D eigenvalue weighted by Crippen LogP contribution is -2.99. The molecular formula is C20H22ClN3O5. The van der Waals surface area contributed by atoms with Gasteiger partial charge in [0.2, 0.25) is 17.4 Å². The Morgan fingerprint density at radius 2 is 2.07 bits per heavy atom. The molecule has 3 amide bonds. The monoisotopic (exact) mass is 419 g/mol. The maximum atomic E-state index is 13.4. The number of carboxylic acids is 1. The summed E-state index contributed by atoms with van der Waals surface area (Å²) in [4.78, 5) is 52.2. The topological polar surface area (TPSA) is 123 Å². The molecule has 1 aromatic carbocycles. The lowest BCUT2D eigenvalue weighted by atomic mass is 9.76. The van der Waals surface area contributed by atoms with Crippen LogP contribution in [0, 0.1) is 11.8 Å². The zero-order valence-electron chi connectivity index (χ0n) is 16.1. The maximum absolute atomic E-state index is 13.4. The fourth-order valence-electron chi connectivity index (χ4n) is 5.14. The van der Waals surface area contributed by atoms with Gasteiger partial charge in [-0.3, -0.25) is 19.3 Å². The average molecular weight is 420 g/mol. The smallest absolute Gasteiger partial charge is 0.291 e. The zero-order valence-corrected chi connectivity index (χ0v) is 16.9. The van der Waals surface area contributed by atoms with Crippen LogP contribution in [0.2, 0.25) is 5.02 Å². The number of carbonyl (C=O) groups excluding carboxylic acids is 4. The number of aliphatic carboxylic acids is 1. The highest BCUT2D eigenvalue weighted by Crippen LogP contribution is 2.51. The van der Waals surface area contributed by atoms with E-state index >= 15 is 0 Å². The summed E-state index contributed by atoms with van der Waals surface area (Å²) in [5.41, 5.74) is -0.332. The molecule has 0 unspecified atom stereocenters. The van der Waals surface area contributed by atoms with Crippen LogP contribution < -0.4 is 15.7 Å². The predicted molar refractivity (Wildman–Crippen MR) is 100 cm³/mol. The molecule has 3 aliphatic heterocycles. The van der Waals surface area contributed by atoms with Gasteiger partial charge < -0.3 is 20.5 Å². The minimum Gasteiger partial charge on any atom is -0.550 e. The molecule has 5 atom stereocenters. The van der Waals surface area contributed by atoms with E-state index in [0.717, 1.165) is 0 Å². The van der Waals surface area contributed by atoms with Crippen molar-refractivity contribution in [2.24, 2.45) is 11.8 Å². The van der Waals surface area contributed by atoms with Crippen molar-refractivity contribution in [1.29, 1.82) is 0 Å². The third-order valence-corrected chi connectivity index (χ3v) is 6.92. The molecule has 0 aromatic heterocycles. The average Bonchev–Trinajstić information content (AvgIpc) is 3.26. The third kappa shape index (κ3) is 2.62. The van der Waals surface area contributed by atoms with E-state index in [0.29, 0.717) is 22.7 Å². The Kier molecular flexibility index (Phi) is 4.66. The number of hydrogen-bond acceptors (Lipinski definition) is 5. The van der Waals surface area contributed by atoms with Gasteiger partial charge in [-0.15, -0.1) is 0 Å². The molecule has 1 aromatic rings. The number of nitrogens with one attached hydrogen (secondary N) is 1. The Balaban J connectivity index is 1.86. The van der Waals surface area contributed by atoms with E-state index in [1.165, 1.54) is 4.90 Å². The number of halogens is 1. The fourth-order valence-corrected chi connectivity index (χ4v) is 5.36. The molecular weight excluding hydrogens is 398 g/mol. The van der Waals surface area contributed by atoms with Crippen LogP contribution in [-0.2, 0) is 24.7 Å². The number of nitrogens with two attached hydrogens (primary N) is 1. The van der Waals surface area contributed by atoms with E-state index in [4.69, 9.17) is 11.6 Å². The first kappa shape index (κ1) is 19.8. The molecule has 2 saturated heterocycles.